The largest absolute Gasteiger partial charge is 0.360 e. The first-order valence-electron chi connectivity index (χ1n) is 7.60. The van der Waals surface area contributed by atoms with Crippen LogP contribution in [-0.4, -0.2) is 18.6 Å². The molecule has 8 heteroatoms. The maximum atomic E-state index is 12.5. The quantitative estimate of drug-likeness (QED) is 0.724. The number of hydrogen-bond acceptors (Lipinski definition) is 6. The Morgan fingerprint density at radius 3 is 2.44 bits per heavy atom. The lowest BCUT2D eigenvalue weighted by Crippen LogP contribution is -2.14. The van der Waals surface area contributed by atoms with E-state index >= 15 is 0 Å². The molecule has 0 atom stereocenters. The highest BCUT2D eigenvalue weighted by Crippen LogP contribution is 2.23. The third-order valence-electron chi connectivity index (χ3n) is 3.54. The van der Waals surface area contributed by atoms with Crippen molar-refractivity contribution in [2.45, 2.75) is 25.7 Å². The second kappa shape index (κ2) is 6.56. The van der Waals surface area contributed by atoms with Gasteiger partial charge in [0, 0.05) is 5.69 Å². The summed E-state index contributed by atoms with van der Waals surface area (Å²) < 4.78 is 32.3. The molecule has 25 heavy (non-hydrogen) atoms. The Bertz CT molecular complexity index is 975. The van der Waals surface area contributed by atoms with Gasteiger partial charge in [0.2, 0.25) is 0 Å². The standard InChI is InChI=1S/C17H18N4O3S/c1-11-5-4-6-14(9-11)19-16-8-7-15(10-18-16)21-25(22,23)17-12(2)20-24-13(17)3/h4-10,21H,1-3H3,(H,18,19). The molecule has 0 bridgehead atoms. The fraction of sp³-hybridized carbons (Fsp3) is 0.176. The molecule has 0 radical (unpaired) electrons. The molecule has 0 spiro atoms. The van der Waals surface area contributed by atoms with E-state index in [1.807, 2.05) is 31.2 Å². The molecule has 2 aromatic heterocycles. The van der Waals surface area contributed by atoms with Gasteiger partial charge in [-0.05, 0) is 50.6 Å². The van der Waals surface area contributed by atoms with E-state index in [0.717, 1.165) is 11.3 Å². The van der Waals surface area contributed by atoms with Crippen molar-refractivity contribution in [2.75, 3.05) is 10.0 Å². The highest BCUT2D eigenvalue weighted by molar-refractivity contribution is 7.92. The van der Waals surface area contributed by atoms with Crippen molar-refractivity contribution in [3.63, 3.8) is 0 Å². The Morgan fingerprint density at radius 2 is 1.84 bits per heavy atom. The minimum Gasteiger partial charge on any atom is -0.360 e. The molecule has 2 N–H and O–H groups in total. The molecule has 3 aromatic rings. The first kappa shape index (κ1) is 17.0. The zero-order valence-electron chi connectivity index (χ0n) is 14.1. The van der Waals surface area contributed by atoms with Crippen molar-refractivity contribution in [3.8, 4) is 0 Å². The zero-order valence-corrected chi connectivity index (χ0v) is 14.9. The Hall–Kier alpha value is -2.87. The molecule has 0 aliphatic heterocycles. The molecule has 0 amide bonds. The summed E-state index contributed by atoms with van der Waals surface area (Å²) in [6.07, 6.45) is 1.45. The van der Waals surface area contributed by atoms with Crippen LogP contribution in [0.3, 0.4) is 0 Å². The molecular weight excluding hydrogens is 340 g/mol. The van der Waals surface area contributed by atoms with Gasteiger partial charge in [0.1, 0.15) is 11.5 Å². The average Bonchev–Trinajstić information content (AvgIpc) is 2.89. The second-order valence-corrected chi connectivity index (χ2v) is 7.30. The lowest BCUT2D eigenvalue weighted by molar-refractivity contribution is 0.390. The summed E-state index contributed by atoms with van der Waals surface area (Å²) in [6.45, 7) is 5.14. The van der Waals surface area contributed by atoms with E-state index < -0.39 is 10.0 Å². The van der Waals surface area contributed by atoms with E-state index in [9.17, 15) is 8.42 Å². The normalized spacial score (nSPS) is 11.3. The van der Waals surface area contributed by atoms with Gasteiger partial charge in [-0.15, -0.1) is 0 Å². The van der Waals surface area contributed by atoms with Crippen LogP contribution in [-0.2, 0) is 10.0 Å². The predicted octanol–water partition coefficient (Wildman–Crippen LogP) is 3.54. The van der Waals surface area contributed by atoms with Crippen LogP contribution in [0.4, 0.5) is 17.2 Å². The zero-order chi connectivity index (χ0) is 18.0. The highest BCUT2D eigenvalue weighted by Gasteiger charge is 2.24. The van der Waals surface area contributed by atoms with Gasteiger partial charge in [0.05, 0.1) is 11.9 Å². The molecule has 0 fully saturated rings. The van der Waals surface area contributed by atoms with Gasteiger partial charge in [-0.3, -0.25) is 4.72 Å². The third-order valence-corrected chi connectivity index (χ3v) is 5.17. The van der Waals surface area contributed by atoms with E-state index in [0.29, 0.717) is 17.2 Å². The number of pyridine rings is 1. The van der Waals surface area contributed by atoms with Gasteiger partial charge in [-0.25, -0.2) is 13.4 Å². The summed E-state index contributed by atoms with van der Waals surface area (Å²) in [5.41, 5.74) is 2.72. The topological polar surface area (TPSA) is 97.1 Å². The molecule has 0 aliphatic carbocycles. The van der Waals surface area contributed by atoms with Crippen LogP contribution >= 0.6 is 0 Å². The fourth-order valence-corrected chi connectivity index (χ4v) is 3.84. The van der Waals surface area contributed by atoms with Crippen molar-refractivity contribution >= 4 is 27.2 Å². The lowest BCUT2D eigenvalue weighted by atomic mass is 10.2. The van der Waals surface area contributed by atoms with E-state index in [1.54, 1.807) is 26.0 Å². The summed E-state index contributed by atoms with van der Waals surface area (Å²) >= 11 is 0. The van der Waals surface area contributed by atoms with Crippen LogP contribution in [0.2, 0.25) is 0 Å². The molecule has 0 saturated carbocycles. The van der Waals surface area contributed by atoms with E-state index in [-0.39, 0.29) is 10.7 Å². The smallest absolute Gasteiger partial charge is 0.267 e. The number of aromatic nitrogens is 2. The van der Waals surface area contributed by atoms with Gasteiger partial charge in [-0.1, -0.05) is 17.3 Å². The molecule has 130 valence electrons. The van der Waals surface area contributed by atoms with Crippen molar-refractivity contribution in [1.82, 2.24) is 10.1 Å². The van der Waals surface area contributed by atoms with Gasteiger partial charge < -0.3 is 9.84 Å². The van der Waals surface area contributed by atoms with Crippen LogP contribution in [0.25, 0.3) is 0 Å². The van der Waals surface area contributed by atoms with Crippen molar-refractivity contribution in [1.29, 1.82) is 0 Å². The Balaban J connectivity index is 1.77. The lowest BCUT2D eigenvalue weighted by Gasteiger charge is -2.09. The van der Waals surface area contributed by atoms with E-state index in [4.69, 9.17) is 4.52 Å². The highest BCUT2D eigenvalue weighted by atomic mass is 32.2. The van der Waals surface area contributed by atoms with Crippen LogP contribution < -0.4 is 10.0 Å². The molecule has 7 nitrogen and oxygen atoms in total. The fourth-order valence-electron chi connectivity index (χ4n) is 2.46. The van der Waals surface area contributed by atoms with Crippen LogP contribution in [0.15, 0.2) is 52.0 Å². The summed E-state index contributed by atoms with van der Waals surface area (Å²) in [5.74, 6) is 0.863. The Morgan fingerprint density at radius 1 is 1.04 bits per heavy atom. The second-order valence-electron chi connectivity index (χ2n) is 5.69. The van der Waals surface area contributed by atoms with E-state index in [2.05, 4.69) is 20.2 Å². The minimum absolute atomic E-state index is 0.0504. The number of aryl methyl sites for hydroxylation is 3. The molecule has 3 rings (SSSR count). The molecule has 1 aromatic carbocycles. The first-order valence-corrected chi connectivity index (χ1v) is 9.09. The summed E-state index contributed by atoms with van der Waals surface area (Å²) in [4.78, 5) is 4.29. The number of hydrogen-bond donors (Lipinski definition) is 2. The van der Waals surface area contributed by atoms with Crippen LogP contribution in [0.1, 0.15) is 17.0 Å². The number of sulfonamides is 1. The maximum Gasteiger partial charge on any atom is 0.267 e. The minimum atomic E-state index is -3.78. The molecule has 2 heterocycles. The SMILES string of the molecule is Cc1cccc(Nc2ccc(NS(=O)(=O)c3c(C)noc3C)cn2)c1. The summed E-state index contributed by atoms with van der Waals surface area (Å²) in [6, 6.07) is 11.2. The number of nitrogens with zero attached hydrogens (tertiary/aromatic N) is 2. The van der Waals surface area contributed by atoms with Crippen LogP contribution in [0, 0.1) is 20.8 Å². The average molecular weight is 358 g/mol. The number of benzene rings is 1. The number of rotatable bonds is 5. The summed E-state index contributed by atoms with van der Waals surface area (Å²) in [7, 11) is -3.78. The van der Waals surface area contributed by atoms with Crippen LogP contribution in [0.5, 0.6) is 0 Å². The number of anilines is 3. The summed E-state index contributed by atoms with van der Waals surface area (Å²) in [5, 5.41) is 6.84. The van der Waals surface area contributed by atoms with Gasteiger partial charge >= 0.3 is 0 Å². The predicted molar refractivity (Wildman–Crippen MR) is 95.5 cm³/mol. The number of nitrogens with one attached hydrogen (secondary N) is 2. The van der Waals surface area contributed by atoms with Gasteiger partial charge in [0.25, 0.3) is 10.0 Å². The molecule has 0 unspecified atom stereocenters. The van der Waals surface area contributed by atoms with Gasteiger partial charge in [-0.2, -0.15) is 0 Å². The first-order chi connectivity index (χ1) is 11.8. The Labute approximate surface area is 146 Å². The molecule has 0 saturated heterocycles. The maximum absolute atomic E-state index is 12.5. The Kier molecular flexibility index (Phi) is 4.45. The van der Waals surface area contributed by atoms with Gasteiger partial charge in [0.15, 0.2) is 10.7 Å². The third kappa shape index (κ3) is 3.80. The molecule has 0 aliphatic rings. The monoisotopic (exact) mass is 358 g/mol. The van der Waals surface area contributed by atoms with Crippen molar-refractivity contribution < 1.29 is 12.9 Å². The van der Waals surface area contributed by atoms with E-state index in [1.165, 1.54) is 6.20 Å². The van der Waals surface area contributed by atoms with Crippen molar-refractivity contribution in [2.24, 2.45) is 0 Å². The van der Waals surface area contributed by atoms with Crippen molar-refractivity contribution in [3.05, 3.63) is 59.6 Å². The molecular formula is C17H18N4O3S.